The summed E-state index contributed by atoms with van der Waals surface area (Å²) in [4.78, 5) is 17.8. The summed E-state index contributed by atoms with van der Waals surface area (Å²) in [5.41, 5.74) is 16.7. The number of esters is 1. The fraction of sp³-hybridized carbons (Fsp3) is 0.290. The molecular formula is C31H33N3O4S. The van der Waals surface area contributed by atoms with Gasteiger partial charge in [-0.3, -0.25) is 0 Å². The number of aromatic nitrogens is 1. The molecule has 0 saturated heterocycles. The van der Waals surface area contributed by atoms with Gasteiger partial charge in [0.25, 0.3) is 0 Å². The maximum atomic E-state index is 12.8. The minimum Gasteiger partial charge on any atom is -0.489 e. The van der Waals surface area contributed by atoms with Crippen molar-refractivity contribution < 1.29 is 19.0 Å². The first-order valence-corrected chi connectivity index (χ1v) is 13.8. The van der Waals surface area contributed by atoms with Crippen LogP contribution in [0.3, 0.4) is 0 Å². The van der Waals surface area contributed by atoms with Gasteiger partial charge in [0.1, 0.15) is 35.3 Å². The molecule has 0 saturated carbocycles. The second-order valence-corrected chi connectivity index (χ2v) is 11.4. The first-order chi connectivity index (χ1) is 18.6. The highest BCUT2D eigenvalue weighted by atomic mass is 32.1. The van der Waals surface area contributed by atoms with Crippen molar-refractivity contribution in [2.75, 3.05) is 18.1 Å². The van der Waals surface area contributed by atoms with Gasteiger partial charge in [0.2, 0.25) is 0 Å². The van der Waals surface area contributed by atoms with E-state index in [1.54, 1.807) is 12.1 Å². The van der Waals surface area contributed by atoms with Crippen molar-refractivity contribution in [3.8, 4) is 17.2 Å². The molecule has 39 heavy (non-hydrogen) atoms. The summed E-state index contributed by atoms with van der Waals surface area (Å²) >= 11 is 1.41. The molecular weight excluding hydrogens is 510 g/mol. The highest BCUT2D eigenvalue weighted by Crippen LogP contribution is 2.44. The van der Waals surface area contributed by atoms with Crippen molar-refractivity contribution in [3.63, 3.8) is 0 Å². The fourth-order valence-corrected chi connectivity index (χ4v) is 5.68. The number of nitrogen functional groups attached to an aromatic ring is 2. The third-order valence-electron chi connectivity index (χ3n) is 7.34. The molecule has 0 radical (unpaired) electrons. The maximum absolute atomic E-state index is 12.8. The smallest absolute Gasteiger partial charge is 0.343 e. The highest BCUT2D eigenvalue weighted by molar-refractivity contribution is 7.15. The summed E-state index contributed by atoms with van der Waals surface area (Å²) in [5.74, 6) is 2.38. The van der Waals surface area contributed by atoms with Crippen LogP contribution in [-0.4, -0.2) is 23.2 Å². The summed E-state index contributed by atoms with van der Waals surface area (Å²) in [6.07, 6.45) is 2.26. The van der Waals surface area contributed by atoms with Crippen LogP contribution < -0.4 is 25.7 Å². The zero-order chi connectivity index (χ0) is 27.7. The Balaban J connectivity index is 1.27. The van der Waals surface area contributed by atoms with Crippen molar-refractivity contribution in [1.29, 1.82) is 0 Å². The Morgan fingerprint density at radius 2 is 1.74 bits per heavy atom. The van der Waals surface area contributed by atoms with E-state index in [1.807, 2.05) is 63.2 Å². The van der Waals surface area contributed by atoms with Crippen molar-refractivity contribution in [1.82, 2.24) is 4.98 Å². The molecule has 5 rings (SSSR count). The molecule has 1 atom stereocenters. The molecule has 7 nitrogen and oxygen atoms in total. The molecule has 1 aliphatic rings. The molecule has 4 N–H and O–H groups in total. The molecule has 4 aromatic rings. The van der Waals surface area contributed by atoms with Crippen LogP contribution in [0.1, 0.15) is 56.4 Å². The topological polar surface area (TPSA) is 110 Å². The lowest BCUT2D eigenvalue weighted by atomic mass is 9.87. The Kier molecular flexibility index (Phi) is 7.23. The molecule has 3 aromatic carbocycles. The van der Waals surface area contributed by atoms with E-state index in [-0.39, 0.29) is 5.97 Å². The predicted molar refractivity (Wildman–Crippen MR) is 155 cm³/mol. The molecule has 8 heteroatoms. The molecule has 0 aliphatic carbocycles. The van der Waals surface area contributed by atoms with Crippen LogP contribution in [0.4, 0.5) is 10.9 Å². The minimum absolute atomic E-state index is 0.359. The number of carbonyl (C=O) groups is 1. The van der Waals surface area contributed by atoms with Gasteiger partial charge >= 0.3 is 5.97 Å². The van der Waals surface area contributed by atoms with Gasteiger partial charge in [-0.25, -0.2) is 9.78 Å². The largest absolute Gasteiger partial charge is 0.489 e. The van der Waals surface area contributed by atoms with E-state index in [1.165, 1.54) is 11.3 Å². The summed E-state index contributed by atoms with van der Waals surface area (Å²) < 4.78 is 18.7. The minimum atomic E-state index is -0.494. The number of anilines is 2. The molecule has 0 amide bonds. The van der Waals surface area contributed by atoms with Gasteiger partial charge in [0, 0.05) is 12.0 Å². The molecule has 1 unspecified atom stereocenters. The molecule has 0 spiro atoms. The lowest BCUT2D eigenvalue weighted by Gasteiger charge is -2.37. The van der Waals surface area contributed by atoms with Crippen molar-refractivity contribution in [3.05, 3.63) is 92.9 Å². The molecule has 1 aromatic heterocycles. The SMILES string of the molecule is Cc1c(C)c2c(c(C)c1OC(=O)c1ccccc1)CCC(C)(COc1ccc(Cc3sc(N)nc3N)cc1)O2. The third kappa shape index (κ3) is 5.56. The standard InChI is InChI=1S/C31H33N3O4S/c1-18-19(2)27-24(20(3)26(18)37-29(35)22-8-6-5-7-9-22)14-15-31(4,38-27)17-36-23-12-10-21(11-13-23)16-25-28(32)34-30(33)39-25/h5-13H,14-17,32H2,1-4H3,(H2,33,34). The van der Waals surface area contributed by atoms with Crippen molar-refractivity contribution >= 4 is 28.3 Å². The normalized spacial score (nSPS) is 16.3. The van der Waals surface area contributed by atoms with E-state index in [0.29, 0.717) is 35.3 Å². The number of thiazole rings is 1. The number of fused-ring (bicyclic) bond motifs is 1. The van der Waals surface area contributed by atoms with Gasteiger partial charge in [0.15, 0.2) is 5.13 Å². The Labute approximate surface area is 232 Å². The third-order valence-corrected chi connectivity index (χ3v) is 8.24. The van der Waals surface area contributed by atoms with Crippen LogP contribution in [0.2, 0.25) is 0 Å². The molecule has 1 aliphatic heterocycles. The van der Waals surface area contributed by atoms with Gasteiger partial charge < -0.3 is 25.7 Å². The van der Waals surface area contributed by atoms with Gasteiger partial charge in [-0.05, 0) is 87.1 Å². The van der Waals surface area contributed by atoms with Crippen LogP contribution in [0.15, 0.2) is 54.6 Å². The van der Waals surface area contributed by atoms with Crippen LogP contribution in [0.25, 0.3) is 0 Å². The average molecular weight is 544 g/mol. The fourth-order valence-electron chi connectivity index (χ4n) is 4.90. The van der Waals surface area contributed by atoms with Gasteiger partial charge in [-0.2, -0.15) is 0 Å². The Morgan fingerprint density at radius 3 is 2.41 bits per heavy atom. The van der Waals surface area contributed by atoms with Gasteiger partial charge in [-0.15, -0.1) is 0 Å². The monoisotopic (exact) mass is 543 g/mol. The van der Waals surface area contributed by atoms with Gasteiger partial charge in [0.05, 0.1) is 10.4 Å². The highest BCUT2D eigenvalue weighted by Gasteiger charge is 2.36. The Morgan fingerprint density at radius 1 is 1.03 bits per heavy atom. The Hall–Kier alpha value is -4.04. The van der Waals surface area contributed by atoms with E-state index >= 15 is 0 Å². The van der Waals surface area contributed by atoms with Crippen LogP contribution in [-0.2, 0) is 12.8 Å². The number of benzene rings is 3. The second kappa shape index (κ2) is 10.6. The van der Waals surface area contributed by atoms with Crippen molar-refractivity contribution in [2.45, 2.75) is 52.6 Å². The first kappa shape index (κ1) is 26.6. The number of hydrogen-bond acceptors (Lipinski definition) is 8. The lowest BCUT2D eigenvalue weighted by molar-refractivity contribution is 0.0166. The zero-order valence-corrected chi connectivity index (χ0v) is 23.5. The Bertz CT molecular complexity index is 1520. The molecule has 0 fully saturated rings. The number of hydrogen-bond donors (Lipinski definition) is 2. The summed E-state index contributed by atoms with van der Waals surface area (Å²) in [6, 6.07) is 17.0. The van der Waals surface area contributed by atoms with E-state index in [4.69, 9.17) is 25.7 Å². The average Bonchev–Trinajstić information content (AvgIpc) is 3.25. The zero-order valence-electron chi connectivity index (χ0n) is 22.7. The van der Waals surface area contributed by atoms with E-state index in [2.05, 4.69) is 11.9 Å². The molecule has 0 bridgehead atoms. The summed E-state index contributed by atoms with van der Waals surface area (Å²) in [6.45, 7) is 8.47. The van der Waals surface area contributed by atoms with Crippen molar-refractivity contribution in [2.24, 2.45) is 0 Å². The maximum Gasteiger partial charge on any atom is 0.343 e. The first-order valence-electron chi connectivity index (χ1n) is 12.9. The molecule has 2 heterocycles. The lowest BCUT2D eigenvalue weighted by Crippen LogP contribution is -2.42. The molecule has 202 valence electrons. The number of carbonyl (C=O) groups excluding carboxylic acids is 1. The number of nitrogens with two attached hydrogens (primary N) is 2. The van der Waals surface area contributed by atoms with E-state index in [9.17, 15) is 4.79 Å². The number of ether oxygens (including phenoxy) is 3. The van der Waals surface area contributed by atoms with Crippen LogP contribution >= 0.6 is 11.3 Å². The quantitative estimate of drug-likeness (QED) is 0.211. The summed E-state index contributed by atoms with van der Waals surface area (Å²) in [7, 11) is 0. The van der Waals surface area contributed by atoms with E-state index in [0.717, 1.165) is 57.0 Å². The predicted octanol–water partition coefficient (Wildman–Crippen LogP) is 6.21. The van der Waals surface area contributed by atoms with Gasteiger partial charge in [-0.1, -0.05) is 41.7 Å². The number of rotatable bonds is 7. The second-order valence-electron chi connectivity index (χ2n) is 10.3. The number of nitrogens with zero attached hydrogens (tertiary/aromatic N) is 1. The van der Waals surface area contributed by atoms with E-state index < -0.39 is 5.60 Å². The van der Waals surface area contributed by atoms with Crippen LogP contribution in [0, 0.1) is 20.8 Å². The summed E-state index contributed by atoms with van der Waals surface area (Å²) in [5, 5.41) is 0.481. The van der Waals surface area contributed by atoms with Crippen LogP contribution in [0.5, 0.6) is 17.2 Å².